The SMILES string of the molecule is O=S(=O)(O)CCNc1nc(NCCO)nc(Nc2ccc(C=Cc3ccc(Nc4nc(NCCO)nc(NCCS(=O)(=O)O)n4)cc3S(=O)(=O)O)c(S(=O)(=O)O)c2)n1. The first-order chi connectivity index (χ1) is 27.1. The lowest BCUT2D eigenvalue weighted by Gasteiger charge is -2.13. The standard InChI is InChI=1S/C28H36N12O14S4/c41-11-7-29-23-35-25(31-9-13-55(43,44)45)39-27(37-23)33-19-5-3-17(21(15-19)57(49,50)51)1-2-18-4-6-20(16-22(18)58(52,53)54)34-28-38-24(30-8-12-42)36-26(40-28)32-10-14-56(46,47)48/h1-6,15-16,41-42H,7-14H2,(H,43,44,45)(H,46,47,48)(H,49,50,51)(H,52,53,54)(H3,29,31,33,35,37,39)(H3,30,32,34,36,38,40). The Hall–Kier alpha value is -5.44. The van der Waals surface area contributed by atoms with Crippen molar-refractivity contribution in [3.8, 4) is 0 Å². The molecule has 0 atom stereocenters. The van der Waals surface area contributed by atoms with Gasteiger partial charge in [-0.15, -0.1) is 0 Å². The summed E-state index contributed by atoms with van der Waals surface area (Å²) in [6.07, 6.45) is 2.27. The van der Waals surface area contributed by atoms with Gasteiger partial charge in [0.15, 0.2) is 0 Å². The number of hydrogen-bond donors (Lipinski definition) is 12. The Bertz CT molecular complexity index is 2410. The molecular weight excluding hydrogens is 857 g/mol. The topological polar surface area (TPSA) is 407 Å². The van der Waals surface area contributed by atoms with E-state index >= 15 is 0 Å². The summed E-state index contributed by atoms with van der Waals surface area (Å²) < 4.78 is 132. The van der Waals surface area contributed by atoms with Gasteiger partial charge < -0.3 is 42.1 Å². The van der Waals surface area contributed by atoms with Gasteiger partial charge in [0.2, 0.25) is 35.7 Å². The zero-order chi connectivity index (χ0) is 42.7. The van der Waals surface area contributed by atoms with E-state index in [1.807, 2.05) is 0 Å². The Morgan fingerprint density at radius 3 is 1.07 bits per heavy atom. The van der Waals surface area contributed by atoms with Gasteiger partial charge in [0.1, 0.15) is 9.79 Å². The monoisotopic (exact) mass is 892 g/mol. The molecule has 0 aliphatic heterocycles. The summed E-state index contributed by atoms with van der Waals surface area (Å²) in [5, 5.41) is 34.2. The molecule has 0 aliphatic carbocycles. The van der Waals surface area contributed by atoms with Crippen molar-refractivity contribution in [1.82, 2.24) is 29.9 Å². The van der Waals surface area contributed by atoms with Crippen LogP contribution in [0.4, 0.5) is 47.1 Å². The molecule has 316 valence electrons. The van der Waals surface area contributed by atoms with Crippen LogP contribution in [0.5, 0.6) is 0 Å². The number of nitrogens with one attached hydrogen (secondary N) is 6. The molecule has 2 heterocycles. The molecule has 0 saturated carbocycles. The highest BCUT2D eigenvalue weighted by Gasteiger charge is 2.19. The van der Waals surface area contributed by atoms with Crippen LogP contribution in [0.3, 0.4) is 0 Å². The first-order valence-corrected chi connectivity index (χ1v) is 22.3. The Kier molecular flexibility index (Phi) is 15.1. The fraction of sp³-hybridized carbons (Fsp3) is 0.286. The van der Waals surface area contributed by atoms with E-state index in [0.29, 0.717) is 0 Å². The minimum atomic E-state index is -4.95. The van der Waals surface area contributed by atoms with E-state index in [-0.39, 0.29) is 97.6 Å². The van der Waals surface area contributed by atoms with Crippen molar-refractivity contribution in [1.29, 1.82) is 0 Å². The van der Waals surface area contributed by atoms with Crippen molar-refractivity contribution in [3.05, 3.63) is 47.5 Å². The van der Waals surface area contributed by atoms with Crippen molar-refractivity contribution >= 4 is 99.7 Å². The summed E-state index contributed by atoms with van der Waals surface area (Å²) in [6, 6.07) is 7.12. The highest BCUT2D eigenvalue weighted by atomic mass is 32.2. The molecule has 0 fully saturated rings. The van der Waals surface area contributed by atoms with E-state index in [1.54, 1.807) is 0 Å². The molecule has 58 heavy (non-hydrogen) atoms. The molecule has 12 N–H and O–H groups in total. The predicted octanol–water partition coefficient (Wildman–Crippen LogP) is -0.385. The van der Waals surface area contributed by atoms with E-state index in [2.05, 4.69) is 61.8 Å². The number of rotatable bonds is 22. The number of benzene rings is 2. The minimum Gasteiger partial charge on any atom is -0.395 e. The van der Waals surface area contributed by atoms with Crippen molar-refractivity contribution in [3.63, 3.8) is 0 Å². The molecule has 26 nitrogen and oxygen atoms in total. The predicted molar refractivity (Wildman–Crippen MR) is 209 cm³/mol. The summed E-state index contributed by atoms with van der Waals surface area (Å²) >= 11 is 0. The zero-order valence-corrected chi connectivity index (χ0v) is 32.8. The molecule has 0 unspecified atom stereocenters. The van der Waals surface area contributed by atoms with Crippen LogP contribution in [0.25, 0.3) is 12.2 Å². The van der Waals surface area contributed by atoms with Gasteiger partial charge in [-0.2, -0.15) is 63.6 Å². The maximum Gasteiger partial charge on any atom is 0.295 e. The van der Waals surface area contributed by atoms with E-state index in [0.717, 1.165) is 24.3 Å². The van der Waals surface area contributed by atoms with Crippen LogP contribution in [-0.4, -0.2) is 143 Å². The molecule has 0 amide bonds. The third-order valence-corrected chi connectivity index (χ3v) is 10.1. The highest BCUT2D eigenvalue weighted by Crippen LogP contribution is 2.28. The molecule has 0 bridgehead atoms. The number of aromatic nitrogens is 6. The average Bonchev–Trinajstić information content (AvgIpc) is 3.11. The van der Waals surface area contributed by atoms with Crippen molar-refractivity contribution < 1.29 is 62.1 Å². The number of nitrogens with zero attached hydrogens (tertiary/aromatic N) is 6. The first kappa shape index (κ1) is 45.3. The maximum absolute atomic E-state index is 12.5. The minimum absolute atomic E-state index is 0.00635. The Balaban J connectivity index is 1.63. The molecule has 0 spiro atoms. The molecule has 0 radical (unpaired) electrons. The zero-order valence-electron chi connectivity index (χ0n) is 29.5. The number of aliphatic hydroxyl groups is 2. The number of hydrogen-bond acceptors (Lipinski definition) is 22. The molecule has 30 heteroatoms. The largest absolute Gasteiger partial charge is 0.395 e. The van der Waals surface area contributed by atoms with E-state index in [1.165, 1.54) is 24.3 Å². The van der Waals surface area contributed by atoms with Crippen molar-refractivity contribution in [2.24, 2.45) is 0 Å². The second kappa shape index (κ2) is 19.3. The van der Waals surface area contributed by atoms with Gasteiger partial charge >= 0.3 is 0 Å². The van der Waals surface area contributed by atoms with Crippen LogP contribution < -0.4 is 31.9 Å². The molecule has 2 aromatic heterocycles. The lowest BCUT2D eigenvalue weighted by molar-refractivity contribution is 0.310. The summed E-state index contributed by atoms with van der Waals surface area (Å²) in [6.45, 7) is -1.22. The van der Waals surface area contributed by atoms with Gasteiger partial charge in [-0.05, 0) is 35.4 Å². The summed E-state index contributed by atoms with van der Waals surface area (Å²) in [7, 11) is -18.6. The van der Waals surface area contributed by atoms with E-state index < -0.39 is 61.8 Å². The highest BCUT2D eigenvalue weighted by molar-refractivity contribution is 7.86. The quantitative estimate of drug-likeness (QED) is 0.0353. The Morgan fingerprint density at radius 1 is 0.466 bits per heavy atom. The average molecular weight is 893 g/mol. The molecule has 2 aromatic carbocycles. The Morgan fingerprint density at radius 2 is 0.776 bits per heavy atom. The van der Waals surface area contributed by atoms with Crippen molar-refractivity contribution in [2.45, 2.75) is 9.79 Å². The number of aliphatic hydroxyl groups excluding tert-OH is 2. The van der Waals surface area contributed by atoms with Crippen LogP contribution in [0.1, 0.15) is 11.1 Å². The summed E-state index contributed by atoms with van der Waals surface area (Å²) in [5.74, 6) is -2.30. The van der Waals surface area contributed by atoms with Gasteiger partial charge in [-0.1, -0.05) is 24.3 Å². The summed E-state index contributed by atoms with van der Waals surface area (Å²) in [4.78, 5) is 23.0. The lowest BCUT2D eigenvalue weighted by atomic mass is 10.1. The van der Waals surface area contributed by atoms with Gasteiger partial charge in [0, 0.05) is 37.6 Å². The fourth-order valence-electron chi connectivity index (χ4n) is 4.48. The normalized spacial score (nSPS) is 12.3. The van der Waals surface area contributed by atoms with Gasteiger partial charge in [0.25, 0.3) is 40.5 Å². The molecular formula is C28H36N12O14S4. The van der Waals surface area contributed by atoms with Gasteiger partial charge in [-0.25, -0.2) is 0 Å². The third kappa shape index (κ3) is 14.8. The Labute approximate surface area is 330 Å². The van der Waals surface area contributed by atoms with Crippen LogP contribution in [0, 0.1) is 0 Å². The fourth-order valence-corrected chi connectivity index (χ4v) is 6.62. The maximum atomic E-state index is 12.5. The molecule has 4 rings (SSSR count). The number of anilines is 8. The van der Waals surface area contributed by atoms with E-state index in [9.17, 15) is 42.8 Å². The van der Waals surface area contributed by atoms with Crippen LogP contribution in [0.15, 0.2) is 46.2 Å². The van der Waals surface area contributed by atoms with Crippen LogP contribution in [0.2, 0.25) is 0 Å². The third-order valence-electron chi connectivity index (χ3n) is 6.88. The first-order valence-electron chi connectivity index (χ1n) is 16.2. The second-order valence-electron chi connectivity index (χ2n) is 11.4. The molecule has 0 aliphatic rings. The summed E-state index contributed by atoms with van der Waals surface area (Å²) in [5.41, 5.74) is -0.280. The van der Waals surface area contributed by atoms with Crippen LogP contribution >= 0.6 is 0 Å². The molecule has 0 saturated heterocycles. The lowest BCUT2D eigenvalue weighted by Crippen LogP contribution is -2.18. The van der Waals surface area contributed by atoms with Crippen molar-refractivity contribution in [2.75, 3.05) is 82.8 Å². The second-order valence-corrected chi connectivity index (χ2v) is 17.3. The van der Waals surface area contributed by atoms with Gasteiger partial charge in [0.05, 0.1) is 24.7 Å². The smallest absolute Gasteiger partial charge is 0.295 e. The molecule has 4 aromatic rings. The van der Waals surface area contributed by atoms with E-state index in [4.69, 9.17) is 19.3 Å². The van der Waals surface area contributed by atoms with Gasteiger partial charge in [-0.3, -0.25) is 18.2 Å². The van der Waals surface area contributed by atoms with Crippen LogP contribution in [-0.2, 0) is 40.5 Å².